The van der Waals surface area contributed by atoms with Gasteiger partial charge in [0.25, 0.3) is 5.22 Å². The third-order valence-corrected chi connectivity index (χ3v) is 6.31. The lowest BCUT2D eigenvalue weighted by molar-refractivity contribution is -0.131. The van der Waals surface area contributed by atoms with E-state index in [1.54, 1.807) is 24.3 Å². The van der Waals surface area contributed by atoms with Crippen molar-refractivity contribution in [1.29, 1.82) is 0 Å². The largest absolute Gasteiger partial charge is 0.411 e. The van der Waals surface area contributed by atoms with Crippen molar-refractivity contribution >= 4 is 40.9 Å². The van der Waals surface area contributed by atoms with Gasteiger partial charge in [-0.3, -0.25) is 9.59 Å². The van der Waals surface area contributed by atoms with E-state index < -0.39 is 0 Å². The van der Waals surface area contributed by atoms with Gasteiger partial charge in [0.1, 0.15) is 0 Å². The molecule has 1 fully saturated rings. The predicted octanol–water partition coefficient (Wildman–Crippen LogP) is 3.34. The molecular weight excluding hydrogens is 462 g/mol. The summed E-state index contributed by atoms with van der Waals surface area (Å²) in [4.78, 5) is 28.7. The van der Waals surface area contributed by atoms with Crippen LogP contribution in [0.3, 0.4) is 0 Å². The highest BCUT2D eigenvalue weighted by atomic mass is 35.5. The van der Waals surface area contributed by atoms with Gasteiger partial charge < -0.3 is 19.5 Å². The molecule has 2 aromatic carbocycles. The molecule has 8 nitrogen and oxygen atoms in total. The zero-order valence-electron chi connectivity index (χ0n) is 17.9. The third-order valence-electron chi connectivity index (χ3n) is 5.24. The molecule has 0 aliphatic carbocycles. The Labute approximate surface area is 201 Å². The molecule has 1 aromatic heterocycles. The second-order valence-electron chi connectivity index (χ2n) is 7.47. The standard InChI is InChI=1S/C23H24ClN5O3S/c24-18-8-6-17(7-9-18)22-26-27-23(32-22)33-16-20(30)25-11-10-21(31)29-14-12-28(13-15-29)19-4-2-1-3-5-19/h1-9H,10-16H2,(H,25,30). The van der Waals surface area contributed by atoms with E-state index in [9.17, 15) is 9.59 Å². The molecule has 33 heavy (non-hydrogen) atoms. The van der Waals surface area contributed by atoms with Gasteiger partial charge in [-0.05, 0) is 36.4 Å². The number of carbonyl (C=O) groups excluding carboxylic acids is 2. The highest BCUT2D eigenvalue weighted by Crippen LogP contribution is 2.24. The lowest BCUT2D eigenvalue weighted by Crippen LogP contribution is -2.49. The number of thioether (sulfide) groups is 1. The minimum Gasteiger partial charge on any atom is -0.411 e. The number of amides is 2. The molecule has 0 atom stereocenters. The van der Waals surface area contributed by atoms with Crippen LogP contribution in [0.2, 0.25) is 5.02 Å². The fourth-order valence-corrected chi connectivity index (χ4v) is 4.19. The molecule has 0 saturated carbocycles. The van der Waals surface area contributed by atoms with Crippen molar-refractivity contribution in [2.45, 2.75) is 11.6 Å². The summed E-state index contributed by atoms with van der Waals surface area (Å²) < 4.78 is 5.58. The number of benzene rings is 2. The van der Waals surface area contributed by atoms with Crippen LogP contribution in [-0.4, -0.2) is 65.4 Å². The van der Waals surface area contributed by atoms with E-state index in [0.717, 1.165) is 30.4 Å². The first kappa shape index (κ1) is 23.1. The second kappa shape index (κ2) is 11.2. The van der Waals surface area contributed by atoms with Crippen LogP contribution in [0.15, 0.2) is 64.2 Å². The van der Waals surface area contributed by atoms with Crippen molar-refractivity contribution in [3.05, 3.63) is 59.6 Å². The number of aromatic nitrogens is 2. The summed E-state index contributed by atoms with van der Waals surface area (Å²) in [5, 5.41) is 11.7. The average molecular weight is 486 g/mol. The van der Waals surface area contributed by atoms with Gasteiger partial charge in [-0.25, -0.2) is 0 Å². The Hall–Kier alpha value is -3.04. The van der Waals surface area contributed by atoms with Gasteiger partial charge in [-0.1, -0.05) is 41.6 Å². The van der Waals surface area contributed by atoms with Crippen LogP contribution in [0.25, 0.3) is 11.5 Å². The number of piperazine rings is 1. The van der Waals surface area contributed by atoms with Crippen molar-refractivity contribution < 1.29 is 14.0 Å². The quantitative estimate of drug-likeness (QED) is 0.489. The smallest absolute Gasteiger partial charge is 0.277 e. The summed E-state index contributed by atoms with van der Waals surface area (Å²) in [6, 6.07) is 17.3. The molecule has 1 aliphatic heterocycles. The average Bonchev–Trinajstić information content (AvgIpc) is 3.33. The fourth-order valence-electron chi connectivity index (χ4n) is 3.48. The molecule has 0 unspecified atom stereocenters. The van der Waals surface area contributed by atoms with Crippen LogP contribution in [0, 0.1) is 0 Å². The van der Waals surface area contributed by atoms with Crippen molar-refractivity contribution in [1.82, 2.24) is 20.4 Å². The van der Waals surface area contributed by atoms with E-state index in [2.05, 4.69) is 32.5 Å². The van der Waals surface area contributed by atoms with E-state index in [-0.39, 0.29) is 24.0 Å². The topological polar surface area (TPSA) is 91.6 Å². The number of hydrogen-bond acceptors (Lipinski definition) is 7. The number of para-hydroxylation sites is 1. The Kier molecular flexibility index (Phi) is 7.85. The fraction of sp³-hybridized carbons (Fsp3) is 0.304. The molecule has 3 aromatic rings. The summed E-state index contributed by atoms with van der Waals surface area (Å²) in [7, 11) is 0. The van der Waals surface area contributed by atoms with E-state index in [1.165, 1.54) is 5.69 Å². The molecule has 0 spiro atoms. The van der Waals surface area contributed by atoms with Crippen LogP contribution in [-0.2, 0) is 9.59 Å². The van der Waals surface area contributed by atoms with Crippen LogP contribution in [0.4, 0.5) is 5.69 Å². The monoisotopic (exact) mass is 485 g/mol. The lowest BCUT2D eigenvalue weighted by Gasteiger charge is -2.36. The molecular formula is C23H24ClN5O3S. The van der Waals surface area contributed by atoms with Gasteiger partial charge >= 0.3 is 0 Å². The van der Waals surface area contributed by atoms with E-state index in [1.807, 2.05) is 23.1 Å². The van der Waals surface area contributed by atoms with Gasteiger partial charge in [-0.15, -0.1) is 10.2 Å². The SMILES string of the molecule is O=C(CSc1nnc(-c2ccc(Cl)cc2)o1)NCCC(=O)N1CCN(c2ccccc2)CC1. The first-order valence-electron chi connectivity index (χ1n) is 10.7. The van der Waals surface area contributed by atoms with Gasteiger partial charge in [0.2, 0.25) is 17.7 Å². The number of nitrogens with zero attached hydrogens (tertiary/aromatic N) is 4. The molecule has 2 amide bonds. The Bertz CT molecular complexity index is 1070. The molecule has 0 radical (unpaired) electrons. The van der Waals surface area contributed by atoms with Crippen LogP contribution < -0.4 is 10.2 Å². The van der Waals surface area contributed by atoms with E-state index in [0.29, 0.717) is 35.8 Å². The second-order valence-corrected chi connectivity index (χ2v) is 8.84. The Balaban J connectivity index is 1.14. The summed E-state index contributed by atoms with van der Waals surface area (Å²) in [6.07, 6.45) is 0.281. The Morgan fingerprint density at radius 2 is 1.73 bits per heavy atom. The molecule has 0 bridgehead atoms. The third kappa shape index (κ3) is 6.49. The maximum absolute atomic E-state index is 12.5. The van der Waals surface area contributed by atoms with Crippen LogP contribution in [0.5, 0.6) is 0 Å². The van der Waals surface area contributed by atoms with Gasteiger partial charge in [0.15, 0.2) is 0 Å². The van der Waals surface area contributed by atoms with E-state index >= 15 is 0 Å². The number of carbonyl (C=O) groups is 2. The summed E-state index contributed by atoms with van der Waals surface area (Å²) in [6.45, 7) is 3.29. The molecule has 1 N–H and O–H groups in total. The normalized spacial score (nSPS) is 13.7. The Morgan fingerprint density at radius 3 is 2.45 bits per heavy atom. The van der Waals surface area contributed by atoms with Crippen molar-refractivity contribution in [2.24, 2.45) is 0 Å². The van der Waals surface area contributed by atoms with Gasteiger partial charge in [-0.2, -0.15) is 0 Å². The zero-order chi connectivity index (χ0) is 23.0. The molecule has 4 rings (SSSR count). The number of anilines is 1. The summed E-state index contributed by atoms with van der Waals surface area (Å²) >= 11 is 7.04. The van der Waals surface area contributed by atoms with Crippen LogP contribution >= 0.6 is 23.4 Å². The predicted molar refractivity (Wildman–Crippen MR) is 128 cm³/mol. The van der Waals surface area contributed by atoms with Crippen molar-refractivity contribution in [3.63, 3.8) is 0 Å². The number of rotatable bonds is 8. The van der Waals surface area contributed by atoms with Crippen LogP contribution in [0.1, 0.15) is 6.42 Å². The molecule has 1 aliphatic rings. The highest BCUT2D eigenvalue weighted by Gasteiger charge is 2.21. The van der Waals surface area contributed by atoms with Gasteiger partial charge in [0, 0.05) is 55.4 Å². The van der Waals surface area contributed by atoms with Crippen molar-refractivity contribution in [3.8, 4) is 11.5 Å². The summed E-state index contributed by atoms with van der Waals surface area (Å²) in [5.74, 6) is 0.368. The highest BCUT2D eigenvalue weighted by molar-refractivity contribution is 7.99. The molecule has 2 heterocycles. The zero-order valence-corrected chi connectivity index (χ0v) is 19.5. The first-order valence-corrected chi connectivity index (χ1v) is 12.0. The minimum atomic E-state index is -0.187. The van der Waals surface area contributed by atoms with E-state index in [4.69, 9.17) is 16.0 Å². The molecule has 1 saturated heterocycles. The number of hydrogen-bond donors (Lipinski definition) is 1. The number of nitrogens with one attached hydrogen (secondary N) is 1. The first-order chi connectivity index (χ1) is 16.1. The van der Waals surface area contributed by atoms with Crippen molar-refractivity contribution in [2.75, 3.05) is 43.4 Å². The Morgan fingerprint density at radius 1 is 1.00 bits per heavy atom. The molecule has 172 valence electrons. The minimum absolute atomic E-state index is 0.0557. The van der Waals surface area contributed by atoms with Gasteiger partial charge in [0.05, 0.1) is 5.75 Å². The summed E-state index contributed by atoms with van der Waals surface area (Å²) in [5.41, 5.74) is 1.93. The maximum Gasteiger partial charge on any atom is 0.277 e. The lowest BCUT2D eigenvalue weighted by atomic mass is 10.2. The molecule has 10 heteroatoms. The maximum atomic E-state index is 12.5. The number of halogens is 1.